The van der Waals surface area contributed by atoms with Crippen molar-refractivity contribution in [3.63, 3.8) is 0 Å². The molecule has 3 aliphatic heterocycles. The Morgan fingerprint density at radius 2 is 1.95 bits per heavy atom. The average molecular weight is 573 g/mol. The molecule has 3 heterocycles. The first-order valence-corrected chi connectivity index (χ1v) is 14.8. The molecule has 0 aromatic heterocycles. The van der Waals surface area contributed by atoms with Gasteiger partial charge < -0.3 is 24.4 Å². The maximum Gasteiger partial charge on any atom is 0.312 e. The summed E-state index contributed by atoms with van der Waals surface area (Å²) in [6, 6.07) is 6.18. The molecule has 8 nitrogen and oxygen atoms in total. The molecule has 218 valence electrons. The van der Waals surface area contributed by atoms with E-state index in [1.54, 1.807) is 40.2 Å². The molecule has 9 heteroatoms. The lowest BCUT2D eigenvalue weighted by Gasteiger charge is -2.37. The number of hydrogen-bond donors (Lipinski definition) is 1. The molecule has 3 fully saturated rings. The summed E-state index contributed by atoms with van der Waals surface area (Å²) in [6.07, 6.45) is 8.39. The van der Waals surface area contributed by atoms with Gasteiger partial charge in [-0.3, -0.25) is 14.4 Å². The first-order valence-electron chi connectivity index (χ1n) is 14.4. The van der Waals surface area contributed by atoms with Gasteiger partial charge in [0.05, 0.1) is 28.8 Å². The van der Waals surface area contributed by atoms with E-state index in [1.165, 1.54) is 0 Å². The second kappa shape index (κ2) is 12.9. The summed E-state index contributed by atoms with van der Waals surface area (Å²) >= 11 is 6.53. The lowest BCUT2D eigenvalue weighted by molar-refractivity contribution is -0.160. The highest BCUT2D eigenvalue weighted by atomic mass is 35.5. The van der Waals surface area contributed by atoms with Crippen LogP contribution in [0.25, 0.3) is 0 Å². The number of aliphatic hydroxyl groups is 1. The number of esters is 1. The second-order valence-corrected chi connectivity index (χ2v) is 11.3. The van der Waals surface area contributed by atoms with Crippen LogP contribution in [0.3, 0.4) is 0 Å². The highest BCUT2D eigenvalue weighted by molar-refractivity contribution is 6.34. The number of unbranched alkanes of at least 4 members (excludes halogenated alkanes) is 3. The molecule has 1 N–H and O–H groups in total. The zero-order valence-corrected chi connectivity index (χ0v) is 24.1. The van der Waals surface area contributed by atoms with E-state index >= 15 is 0 Å². The van der Waals surface area contributed by atoms with Crippen LogP contribution in [0.4, 0.5) is 5.69 Å². The summed E-state index contributed by atoms with van der Waals surface area (Å²) in [5.74, 6) is -2.58. The Hall–Kier alpha value is -2.68. The number of ether oxygens (including phenoxy) is 2. The van der Waals surface area contributed by atoms with Gasteiger partial charge in [0.1, 0.15) is 17.6 Å². The molecule has 5 atom stereocenters. The molecule has 2 amide bonds. The monoisotopic (exact) mass is 572 g/mol. The van der Waals surface area contributed by atoms with Gasteiger partial charge in [-0.05, 0) is 50.7 Å². The molecule has 1 aromatic rings. The fraction of sp³-hybridized carbons (Fsp3) is 0.581. The molecule has 40 heavy (non-hydrogen) atoms. The van der Waals surface area contributed by atoms with Crippen molar-refractivity contribution in [1.82, 2.24) is 4.90 Å². The van der Waals surface area contributed by atoms with Gasteiger partial charge in [-0.2, -0.15) is 0 Å². The Morgan fingerprint density at radius 1 is 1.20 bits per heavy atom. The number of benzene rings is 1. The lowest BCUT2D eigenvalue weighted by Crippen LogP contribution is -2.56. The van der Waals surface area contributed by atoms with E-state index in [-0.39, 0.29) is 31.6 Å². The van der Waals surface area contributed by atoms with Crippen LogP contribution in [-0.4, -0.2) is 71.3 Å². The topological polar surface area (TPSA) is 96.4 Å². The fourth-order valence-corrected chi connectivity index (χ4v) is 7.17. The summed E-state index contributed by atoms with van der Waals surface area (Å²) in [4.78, 5) is 45.5. The van der Waals surface area contributed by atoms with E-state index in [0.717, 1.165) is 12.8 Å². The predicted octanol–water partition coefficient (Wildman–Crippen LogP) is 4.69. The van der Waals surface area contributed by atoms with Crippen LogP contribution >= 0.6 is 11.6 Å². The number of carbonyl (C=O) groups excluding carboxylic acids is 3. The van der Waals surface area contributed by atoms with Gasteiger partial charge in [-0.15, -0.1) is 13.2 Å². The second-order valence-electron chi connectivity index (χ2n) is 10.9. The van der Waals surface area contributed by atoms with Crippen LogP contribution in [0.15, 0.2) is 49.6 Å². The van der Waals surface area contributed by atoms with E-state index < -0.39 is 35.0 Å². The van der Waals surface area contributed by atoms with Gasteiger partial charge in [0.2, 0.25) is 5.91 Å². The van der Waals surface area contributed by atoms with E-state index in [1.807, 2.05) is 13.0 Å². The number of carbonyl (C=O) groups is 3. The van der Waals surface area contributed by atoms with Crippen LogP contribution in [0.5, 0.6) is 0 Å². The van der Waals surface area contributed by atoms with Crippen molar-refractivity contribution < 1.29 is 29.0 Å². The maximum atomic E-state index is 14.6. The third-order valence-electron chi connectivity index (χ3n) is 8.76. The smallest absolute Gasteiger partial charge is 0.312 e. The summed E-state index contributed by atoms with van der Waals surface area (Å²) in [5.41, 5.74) is -1.47. The molecule has 3 saturated heterocycles. The third kappa shape index (κ3) is 5.21. The van der Waals surface area contributed by atoms with Crippen molar-refractivity contribution >= 4 is 35.1 Å². The molecular formula is C31H41ClN2O6. The van der Waals surface area contributed by atoms with Crippen LogP contribution in [0, 0.1) is 11.8 Å². The minimum Gasteiger partial charge on any atom is -0.465 e. The summed E-state index contributed by atoms with van der Waals surface area (Å²) in [7, 11) is 0. The highest BCUT2D eigenvalue weighted by Crippen LogP contribution is 2.64. The number of rotatable bonds is 15. The standard InChI is InChI=1S/C31H41ClN2O6/c1-4-7-21-39-29(38)25-24-27(36)34(19-12-8-9-13-20-35)26(31(24)17-16-30(25,6-3)40-31)28(37)33(18-5-2)23-15-11-10-14-22(23)32/h4-5,10-11,14-15,24-26,35H,1-2,6-9,12-13,16-21H2,3H3/t24-,25-,26?,30+,31?/m0/s1. The van der Waals surface area contributed by atoms with Gasteiger partial charge >= 0.3 is 5.97 Å². The number of para-hydroxylation sites is 1. The van der Waals surface area contributed by atoms with E-state index in [0.29, 0.717) is 55.8 Å². The number of anilines is 1. The predicted molar refractivity (Wildman–Crippen MR) is 154 cm³/mol. The van der Waals surface area contributed by atoms with Crippen molar-refractivity contribution in [2.45, 2.75) is 75.5 Å². The Kier molecular flexibility index (Phi) is 9.75. The Bertz CT molecular complexity index is 1130. The zero-order chi connectivity index (χ0) is 28.9. The highest BCUT2D eigenvalue weighted by Gasteiger charge is 2.79. The number of aliphatic hydroxyl groups excluding tert-OH is 1. The van der Waals surface area contributed by atoms with Gasteiger partial charge in [-0.25, -0.2) is 0 Å². The number of amides is 2. The van der Waals surface area contributed by atoms with Crippen LogP contribution in [0.2, 0.25) is 5.02 Å². The van der Waals surface area contributed by atoms with Crippen LogP contribution in [-0.2, 0) is 23.9 Å². The van der Waals surface area contributed by atoms with E-state index in [2.05, 4.69) is 13.2 Å². The molecule has 0 radical (unpaired) electrons. The number of halogens is 1. The molecule has 2 bridgehead atoms. The minimum atomic E-state index is -1.14. The van der Waals surface area contributed by atoms with E-state index in [4.69, 9.17) is 26.2 Å². The number of hydrogen-bond acceptors (Lipinski definition) is 6. The van der Waals surface area contributed by atoms with Crippen molar-refractivity contribution in [3.05, 3.63) is 54.6 Å². The molecule has 1 spiro atoms. The van der Waals surface area contributed by atoms with Gasteiger partial charge in [-0.1, -0.05) is 55.7 Å². The van der Waals surface area contributed by atoms with Crippen molar-refractivity contribution in [2.75, 3.05) is 31.2 Å². The molecule has 0 saturated carbocycles. The minimum absolute atomic E-state index is 0.117. The van der Waals surface area contributed by atoms with Crippen molar-refractivity contribution in [1.29, 1.82) is 0 Å². The summed E-state index contributed by atoms with van der Waals surface area (Å²) in [6.45, 7) is 10.3. The average Bonchev–Trinajstić information content (AvgIpc) is 3.55. The van der Waals surface area contributed by atoms with Gasteiger partial charge in [0.25, 0.3) is 5.91 Å². The normalized spacial score (nSPS) is 28.4. The Labute approximate surface area is 241 Å². The zero-order valence-electron chi connectivity index (χ0n) is 23.4. The maximum absolute atomic E-state index is 14.6. The Balaban J connectivity index is 1.74. The lowest BCUT2D eigenvalue weighted by atomic mass is 9.65. The molecular weight excluding hydrogens is 532 g/mol. The molecule has 2 unspecified atom stereocenters. The van der Waals surface area contributed by atoms with E-state index in [9.17, 15) is 14.4 Å². The number of likely N-dealkylation sites (tertiary alicyclic amines) is 1. The number of nitrogens with zero attached hydrogens (tertiary/aromatic N) is 2. The van der Waals surface area contributed by atoms with Crippen molar-refractivity contribution in [3.8, 4) is 0 Å². The largest absolute Gasteiger partial charge is 0.465 e. The van der Waals surface area contributed by atoms with Crippen LogP contribution < -0.4 is 4.90 Å². The molecule has 4 rings (SSSR count). The third-order valence-corrected chi connectivity index (χ3v) is 9.08. The fourth-order valence-electron chi connectivity index (χ4n) is 6.93. The summed E-state index contributed by atoms with van der Waals surface area (Å²) < 4.78 is 12.4. The quantitative estimate of drug-likeness (QED) is 0.186. The SMILES string of the molecule is C=CCCOC(=O)[C@@H]1[C@H]2C(=O)N(CCCCCCO)C(C(=O)N(CC=C)c3ccccc3Cl)C23CC[C@@]1(CC)O3. The van der Waals surface area contributed by atoms with Gasteiger partial charge in [0.15, 0.2) is 0 Å². The van der Waals surface area contributed by atoms with Crippen LogP contribution in [0.1, 0.15) is 58.3 Å². The first-order chi connectivity index (χ1) is 19.3. The number of fused-ring (bicyclic) bond motifs is 1. The van der Waals surface area contributed by atoms with Gasteiger partial charge in [0, 0.05) is 19.7 Å². The molecule has 3 aliphatic rings. The summed E-state index contributed by atoms with van der Waals surface area (Å²) in [5, 5.41) is 9.58. The van der Waals surface area contributed by atoms with Crippen molar-refractivity contribution in [2.24, 2.45) is 11.8 Å². The first kappa shape index (κ1) is 30.3. The molecule has 1 aromatic carbocycles. The molecule has 0 aliphatic carbocycles. The Morgan fingerprint density at radius 3 is 2.62 bits per heavy atom.